The number of carbonyl (C=O) groups excluding carboxylic acids is 4. The first kappa shape index (κ1) is 22.6. The molecule has 0 aromatic rings. The Balaban J connectivity index is 3.36. The van der Waals surface area contributed by atoms with Crippen LogP contribution in [0.15, 0.2) is 5.16 Å². The number of halogens is 1. The van der Waals surface area contributed by atoms with E-state index in [4.69, 9.17) is 40.5 Å². The van der Waals surface area contributed by atoms with Crippen LogP contribution in [0.1, 0.15) is 27.7 Å². The quantitative estimate of drug-likeness (QED) is 0.211. The third kappa shape index (κ3) is 6.68. The van der Waals surface area contributed by atoms with Crippen LogP contribution in [-0.4, -0.2) is 71.4 Å². The number of ether oxygens (including phenoxy) is 5. The molecule has 12 heteroatoms. The van der Waals surface area contributed by atoms with Gasteiger partial charge in [0.25, 0.3) is 0 Å². The van der Waals surface area contributed by atoms with Gasteiger partial charge in [-0.3, -0.25) is 19.2 Å². The number of hydrogen-bond donors (Lipinski definition) is 1. The first-order valence-electron chi connectivity index (χ1n) is 7.74. The lowest BCUT2D eigenvalue weighted by Gasteiger charge is -2.43. The van der Waals surface area contributed by atoms with Gasteiger partial charge in [0.1, 0.15) is 12.7 Å². The molecule has 0 amide bonds. The average molecular weight is 410 g/mol. The Bertz CT molecular complexity index is 622. The van der Waals surface area contributed by atoms with Crippen molar-refractivity contribution in [3.63, 3.8) is 0 Å². The molecular weight excluding hydrogens is 390 g/mol. The van der Waals surface area contributed by atoms with Crippen molar-refractivity contribution in [3.8, 4) is 0 Å². The molecule has 1 saturated heterocycles. The van der Waals surface area contributed by atoms with Gasteiger partial charge >= 0.3 is 23.9 Å². The zero-order valence-electron chi connectivity index (χ0n) is 15.0. The summed E-state index contributed by atoms with van der Waals surface area (Å²) in [5.74, 6) is -2.97. The molecule has 0 bridgehead atoms. The summed E-state index contributed by atoms with van der Waals surface area (Å²) in [5, 5.41) is 11.3. The smallest absolute Gasteiger partial charge is 0.303 e. The van der Waals surface area contributed by atoms with Crippen molar-refractivity contribution in [2.45, 2.75) is 58.2 Å². The lowest BCUT2D eigenvalue weighted by Crippen LogP contribution is -2.63. The predicted octanol–water partition coefficient (Wildman–Crippen LogP) is 0.138. The highest BCUT2D eigenvalue weighted by atomic mass is 35.5. The molecule has 11 nitrogen and oxygen atoms in total. The zero-order valence-corrected chi connectivity index (χ0v) is 15.8. The van der Waals surface area contributed by atoms with Crippen LogP contribution in [0.2, 0.25) is 0 Å². The molecule has 1 fully saturated rings. The molecule has 1 aliphatic heterocycles. The highest BCUT2D eigenvalue weighted by molar-refractivity contribution is 6.66. The molecule has 1 rings (SSSR count). The molecule has 0 aromatic carbocycles. The summed E-state index contributed by atoms with van der Waals surface area (Å²) in [6, 6.07) is 0. The van der Waals surface area contributed by atoms with Crippen LogP contribution < -0.4 is 0 Å². The minimum atomic E-state index is -1.40. The van der Waals surface area contributed by atoms with Crippen LogP contribution in [0.5, 0.6) is 0 Å². The van der Waals surface area contributed by atoms with Crippen molar-refractivity contribution in [1.29, 1.82) is 0 Å². The van der Waals surface area contributed by atoms with Crippen molar-refractivity contribution in [1.82, 2.24) is 0 Å². The second-order valence-electron chi connectivity index (χ2n) is 5.54. The summed E-state index contributed by atoms with van der Waals surface area (Å²) >= 11 is 5.83. The van der Waals surface area contributed by atoms with Gasteiger partial charge in [0, 0.05) is 27.7 Å². The number of oxime groups is 1. The van der Waals surface area contributed by atoms with E-state index < -0.39 is 66.2 Å². The molecule has 152 valence electrons. The minimum Gasteiger partial charge on any atom is -0.463 e. The van der Waals surface area contributed by atoms with E-state index in [9.17, 15) is 19.2 Å². The van der Waals surface area contributed by atoms with Gasteiger partial charge in [0.05, 0.1) is 0 Å². The molecule has 0 aliphatic carbocycles. The summed E-state index contributed by atoms with van der Waals surface area (Å²) in [7, 11) is 0. The van der Waals surface area contributed by atoms with Crippen molar-refractivity contribution in [2.24, 2.45) is 5.16 Å². The van der Waals surface area contributed by atoms with E-state index in [1.807, 2.05) is 0 Å². The first-order chi connectivity index (χ1) is 12.6. The largest absolute Gasteiger partial charge is 0.463 e. The lowest BCUT2D eigenvalue weighted by atomic mass is 9.94. The monoisotopic (exact) mass is 409 g/mol. The van der Waals surface area contributed by atoms with Gasteiger partial charge < -0.3 is 28.9 Å². The van der Waals surface area contributed by atoms with E-state index >= 15 is 0 Å². The number of esters is 4. The second kappa shape index (κ2) is 10.1. The topological polar surface area (TPSA) is 147 Å². The standard InChI is InChI=1S/C15H20ClNO10/c1-6(18)23-5-10-11(24-7(2)19)12(25-8(3)20)13(26-9(4)21)14(27-10)15(16)17-22/h10-14,22H,5H2,1-4H3/b17-15+/t10-,11-,12+,13+,14+/m1/s1. The van der Waals surface area contributed by atoms with E-state index in [0.29, 0.717) is 0 Å². The number of carbonyl (C=O) groups is 4. The van der Waals surface area contributed by atoms with Crippen LogP contribution in [-0.2, 0) is 42.9 Å². The van der Waals surface area contributed by atoms with Crippen LogP contribution in [0.3, 0.4) is 0 Å². The zero-order chi connectivity index (χ0) is 20.7. The number of nitrogens with zero attached hydrogens (tertiary/aromatic N) is 1. The van der Waals surface area contributed by atoms with Crippen molar-refractivity contribution in [3.05, 3.63) is 0 Å². The summed E-state index contributed by atoms with van der Waals surface area (Å²) in [6.45, 7) is 4.02. The van der Waals surface area contributed by atoms with Gasteiger partial charge in [-0.1, -0.05) is 16.8 Å². The Morgan fingerprint density at radius 3 is 1.81 bits per heavy atom. The molecule has 1 heterocycles. The average Bonchev–Trinajstić information content (AvgIpc) is 2.54. The third-order valence-corrected chi connectivity index (χ3v) is 3.61. The normalized spacial score (nSPS) is 28.0. The van der Waals surface area contributed by atoms with E-state index in [1.54, 1.807) is 0 Å². The molecule has 0 aromatic heterocycles. The molecule has 27 heavy (non-hydrogen) atoms. The van der Waals surface area contributed by atoms with Crippen LogP contribution >= 0.6 is 11.6 Å². The van der Waals surface area contributed by atoms with Crippen molar-refractivity contribution in [2.75, 3.05) is 6.61 Å². The van der Waals surface area contributed by atoms with E-state index in [0.717, 1.165) is 27.7 Å². The molecule has 5 atom stereocenters. The molecular formula is C15H20ClNO10. The highest BCUT2D eigenvalue weighted by Crippen LogP contribution is 2.30. The van der Waals surface area contributed by atoms with Gasteiger partial charge in [0.2, 0.25) is 0 Å². The summed E-state index contributed by atoms with van der Waals surface area (Å²) in [5.41, 5.74) is 0. The third-order valence-electron chi connectivity index (χ3n) is 3.32. The highest BCUT2D eigenvalue weighted by Gasteiger charge is 2.53. The van der Waals surface area contributed by atoms with Crippen LogP contribution in [0, 0.1) is 0 Å². The second-order valence-corrected chi connectivity index (χ2v) is 5.93. The Morgan fingerprint density at radius 1 is 0.889 bits per heavy atom. The van der Waals surface area contributed by atoms with Gasteiger partial charge in [-0.2, -0.15) is 0 Å². The molecule has 1 aliphatic rings. The van der Waals surface area contributed by atoms with E-state index in [2.05, 4.69) is 5.16 Å². The molecule has 0 unspecified atom stereocenters. The predicted molar refractivity (Wildman–Crippen MR) is 87.0 cm³/mol. The molecule has 0 saturated carbocycles. The van der Waals surface area contributed by atoms with Crippen LogP contribution in [0.25, 0.3) is 0 Å². The van der Waals surface area contributed by atoms with Crippen LogP contribution in [0.4, 0.5) is 0 Å². The summed E-state index contributed by atoms with van der Waals surface area (Å²) < 4.78 is 25.9. The van der Waals surface area contributed by atoms with E-state index in [1.165, 1.54) is 0 Å². The minimum absolute atomic E-state index is 0.399. The first-order valence-corrected chi connectivity index (χ1v) is 8.12. The maximum absolute atomic E-state index is 11.6. The van der Waals surface area contributed by atoms with E-state index in [-0.39, 0.29) is 0 Å². The van der Waals surface area contributed by atoms with Crippen molar-refractivity contribution >= 4 is 40.6 Å². The SMILES string of the molecule is CC(=O)OC[C@H]1O[C@H](/C(Cl)=N\O)[C@@H](OC(C)=O)[C@@H](OC(C)=O)[C@@H]1OC(C)=O. The Kier molecular flexibility index (Phi) is 8.44. The van der Waals surface area contributed by atoms with Gasteiger partial charge in [0.15, 0.2) is 29.6 Å². The number of rotatable bonds is 6. The van der Waals surface area contributed by atoms with Gasteiger partial charge in [-0.25, -0.2) is 0 Å². The molecule has 1 N–H and O–H groups in total. The van der Waals surface area contributed by atoms with Gasteiger partial charge in [-0.05, 0) is 0 Å². The number of hydrogen-bond acceptors (Lipinski definition) is 11. The molecule has 0 spiro atoms. The Hall–Kier alpha value is -2.40. The fraction of sp³-hybridized carbons (Fsp3) is 0.667. The molecule has 0 radical (unpaired) electrons. The Morgan fingerprint density at radius 2 is 1.37 bits per heavy atom. The fourth-order valence-electron chi connectivity index (χ4n) is 2.48. The Labute approximate surface area is 159 Å². The lowest BCUT2D eigenvalue weighted by molar-refractivity contribution is -0.241. The summed E-state index contributed by atoms with van der Waals surface area (Å²) in [4.78, 5) is 45.7. The van der Waals surface area contributed by atoms with Crippen molar-refractivity contribution < 1.29 is 48.1 Å². The maximum atomic E-state index is 11.6. The fourth-order valence-corrected chi connectivity index (χ4v) is 2.65. The maximum Gasteiger partial charge on any atom is 0.303 e. The summed E-state index contributed by atoms with van der Waals surface area (Å²) in [6.07, 6.45) is -6.60. The van der Waals surface area contributed by atoms with Gasteiger partial charge in [-0.15, -0.1) is 0 Å².